The first-order chi connectivity index (χ1) is 9.47. The Bertz CT molecular complexity index is 671. The molecule has 2 aromatic carbocycles. The summed E-state index contributed by atoms with van der Waals surface area (Å²) in [5, 5.41) is 13.5. The Balaban J connectivity index is 2.14. The van der Waals surface area contributed by atoms with Crippen molar-refractivity contribution in [1.82, 2.24) is 0 Å². The summed E-state index contributed by atoms with van der Waals surface area (Å²) in [6.45, 7) is 0. The van der Waals surface area contributed by atoms with Gasteiger partial charge < -0.3 is 11.1 Å². The number of carbonyl (C=O) groups excluding carboxylic acids is 1. The quantitative estimate of drug-likeness (QED) is 0.516. The summed E-state index contributed by atoms with van der Waals surface area (Å²) < 4.78 is 0. The standard InChI is InChI=1S/C13H10ClN3O3/c14-11-6-1-8(7-12(11)15)13(18)16-9-2-4-10(5-3-9)17(19)20/h1-7H,15H2,(H,16,18). The third-order valence-corrected chi connectivity index (χ3v) is 2.94. The van der Waals surface area contributed by atoms with Gasteiger partial charge in [-0.05, 0) is 30.3 Å². The summed E-state index contributed by atoms with van der Waals surface area (Å²) in [6.07, 6.45) is 0. The van der Waals surface area contributed by atoms with Gasteiger partial charge in [-0.25, -0.2) is 0 Å². The van der Waals surface area contributed by atoms with Crippen molar-refractivity contribution >= 4 is 34.6 Å². The van der Waals surface area contributed by atoms with Crippen LogP contribution >= 0.6 is 11.6 Å². The molecule has 0 aliphatic rings. The topological polar surface area (TPSA) is 98.3 Å². The van der Waals surface area contributed by atoms with Gasteiger partial charge in [-0.3, -0.25) is 14.9 Å². The van der Waals surface area contributed by atoms with E-state index in [1.807, 2.05) is 0 Å². The second-order valence-electron chi connectivity index (χ2n) is 3.99. The van der Waals surface area contributed by atoms with E-state index in [4.69, 9.17) is 17.3 Å². The Kier molecular flexibility index (Phi) is 3.86. The highest BCUT2D eigenvalue weighted by molar-refractivity contribution is 6.33. The molecule has 0 fully saturated rings. The zero-order chi connectivity index (χ0) is 14.7. The van der Waals surface area contributed by atoms with Gasteiger partial charge in [0.2, 0.25) is 0 Å². The first-order valence-corrected chi connectivity index (χ1v) is 5.96. The van der Waals surface area contributed by atoms with Crippen LogP contribution in [0.5, 0.6) is 0 Å². The van der Waals surface area contributed by atoms with Crippen LogP contribution in [0.1, 0.15) is 10.4 Å². The van der Waals surface area contributed by atoms with E-state index in [-0.39, 0.29) is 11.6 Å². The third kappa shape index (κ3) is 3.04. The molecule has 0 aliphatic heterocycles. The van der Waals surface area contributed by atoms with E-state index in [0.29, 0.717) is 22.0 Å². The molecule has 2 rings (SSSR count). The van der Waals surface area contributed by atoms with Gasteiger partial charge in [0.15, 0.2) is 0 Å². The maximum Gasteiger partial charge on any atom is 0.269 e. The number of carbonyl (C=O) groups is 1. The number of halogens is 1. The molecule has 1 amide bonds. The number of benzene rings is 2. The number of hydrogen-bond donors (Lipinski definition) is 2. The van der Waals surface area contributed by atoms with Crippen LogP contribution in [0.4, 0.5) is 17.1 Å². The number of nitrogen functional groups attached to an aromatic ring is 1. The first kappa shape index (κ1) is 13.8. The van der Waals surface area contributed by atoms with E-state index >= 15 is 0 Å². The number of amides is 1. The number of anilines is 2. The van der Waals surface area contributed by atoms with Crippen LogP contribution in [0, 0.1) is 10.1 Å². The fourth-order valence-electron chi connectivity index (χ4n) is 1.55. The molecule has 6 nitrogen and oxygen atoms in total. The van der Waals surface area contributed by atoms with E-state index in [1.165, 1.54) is 36.4 Å². The Morgan fingerprint density at radius 3 is 2.40 bits per heavy atom. The largest absolute Gasteiger partial charge is 0.398 e. The molecule has 2 aromatic rings. The van der Waals surface area contributed by atoms with Crippen molar-refractivity contribution in [2.45, 2.75) is 0 Å². The Hall–Kier alpha value is -2.60. The minimum absolute atomic E-state index is 0.0428. The maximum absolute atomic E-state index is 12.0. The van der Waals surface area contributed by atoms with Crippen molar-refractivity contribution in [2.24, 2.45) is 0 Å². The molecule has 7 heteroatoms. The van der Waals surface area contributed by atoms with Crippen molar-refractivity contribution in [3.05, 3.63) is 63.2 Å². The molecule has 3 N–H and O–H groups in total. The molecule has 0 saturated carbocycles. The van der Waals surface area contributed by atoms with Crippen molar-refractivity contribution in [2.75, 3.05) is 11.1 Å². The number of nitrogens with one attached hydrogen (secondary N) is 1. The van der Waals surface area contributed by atoms with Gasteiger partial charge in [0.25, 0.3) is 11.6 Å². The second-order valence-corrected chi connectivity index (χ2v) is 4.40. The lowest BCUT2D eigenvalue weighted by Crippen LogP contribution is -2.12. The number of nitrogens with two attached hydrogens (primary N) is 1. The van der Waals surface area contributed by atoms with Gasteiger partial charge in [0.1, 0.15) is 0 Å². The van der Waals surface area contributed by atoms with E-state index in [2.05, 4.69) is 5.32 Å². The lowest BCUT2D eigenvalue weighted by atomic mass is 10.2. The van der Waals surface area contributed by atoms with E-state index in [0.717, 1.165) is 0 Å². The number of rotatable bonds is 3. The summed E-state index contributed by atoms with van der Waals surface area (Å²) in [4.78, 5) is 22.0. The average molecular weight is 292 g/mol. The predicted molar refractivity (Wildman–Crippen MR) is 76.9 cm³/mol. The van der Waals surface area contributed by atoms with Gasteiger partial charge in [0, 0.05) is 23.4 Å². The number of hydrogen-bond acceptors (Lipinski definition) is 4. The average Bonchev–Trinajstić information content (AvgIpc) is 2.42. The molecule has 0 bridgehead atoms. The van der Waals surface area contributed by atoms with E-state index < -0.39 is 4.92 Å². The normalized spacial score (nSPS) is 10.1. The van der Waals surface area contributed by atoms with Crippen molar-refractivity contribution in [3.63, 3.8) is 0 Å². The SMILES string of the molecule is Nc1cc(C(=O)Nc2ccc([N+](=O)[O-])cc2)ccc1Cl. The fourth-order valence-corrected chi connectivity index (χ4v) is 1.67. The summed E-state index contributed by atoms with van der Waals surface area (Å²) in [5.41, 5.74) is 6.69. The number of non-ortho nitro benzene ring substituents is 1. The highest BCUT2D eigenvalue weighted by atomic mass is 35.5. The van der Waals surface area contributed by atoms with Crippen LogP contribution in [-0.4, -0.2) is 10.8 Å². The highest BCUT2D eigenvalue weighted by Crippen LogP contribution is 2.21. The fraction of sp³-hybridized carbons (Fsp3) is 0. The molecular formula is C13H10ClN3O3. The lowest BCUT2D eigenvalue weighted by Gasteiger charge is -2.06. The van der Waals surface area contributed by atoms with Gasteiger partial charge in [0.05, 0.1) is 15.6 Å². The molecule has 20 heavy (non-hydrogen) atoms. The minimum atomic E-state index is -0.508. The highest BCUT2D eigenvalue weighted by Gasteiger charge is 2.09. The van der Waals surface area contributed by atoms with Gasteiger partial charge in [-0.15, -0.1) is 0 Å². The second kappa shape index (κ2) is 5.58. The molecule has 0 spiro atoms. The molecule has 0 heterocycles. The number of nitro groups is 1. The van der Waals surface area contributed by atoms with Gasteiger partial charge in [-0.2, -0.15) is 0 Å². The monoisotopic (exact) mass is 291 g/mol. The van der Waals surface area contributed by atoms with Gasteiger partial charge >= 0.3 is 0 Å². The van der Waals surface area contributed by atoms with E-state index in [9.17, 15) is 14.9 Å². The molecule has 0 radical (unpaired) electrons. The predicted octanol–water partition coefficient (Wildman–Crippen LogP) is 3.08. The molecule has 0 saturated heterocycles. The summed E-state index contributed by atoms with van der Waals surface area (Å²) in [7, 11) is 0. The van der Waals surface area contributed by atoms with Gasteiger partial charge in [-0.1, -0.05) is 11.6 Å². The zero-order valence-corrected chi connectivity index (χ0v) is 10.9. The molecule has 0 unspecified atom stereocenters. The lowest BCUT2D eigenvalue weighted by molar-refractivity contribution is -0.384. The molecule has 0 atom stereocenters. The smallest absolute Gasteiger partial charge is 0.269 e. The Morgan fingerprint density at radius 1 is 1.20 bits per heavy atom. The summed E-state index contributed by atoms with van der Waals surface area (Å²) in [6, 6.07) is 10.1. The van der Waals surface area contributed by atoms with Crippen LogP contribution in [0.15, 0.2) is 42.5 Å². The van der Waals surface area contributed by atoms with Crippen LogP contribution in [0.3, 0.4) is 0 Å². The molecule has 102 valence electrons. The van der Waals surface area contributed by atoms with E-state index in [1.54, 1.807) is 6.07 Å². The van der Waals surface area contributed by atoms with Crippen molar-refractivity contribution < 1.29 is 9.72 Å². The third-order valence-electron chi connectivity index (χ3n) is 2.59. The summed E-state index contributed by atoms with van der Waals surface area (Å²) >= 11 is 5.77. The van der Waals surface area contributed by atoms with Crippen LogP contribution in [0.25, 0.3) is 0 Å². The van der Waals surface area contributed by atoms with Crippen LogP contribution < -0.4 is 11.1 Å². The number of nitro benzene ring substituents is 1. The molecule has 0 aliphatic carbocycles. The van der Waals surface area contributed by atoms with Crippen LogP contribution in [0.2, 0.25) is 5.02 Å². The van der Waals surface area contributed by atoms with Crippen LogP contribution in [-0.2, 0) is 0 Å². The number of nitrogens with zero attached hydrogens (tertiary/aromatic N) is 1. The Labute approximate surface area is 119 Å². The van der Waals surface area contributed by atoms with Crippen molar-refractivity contribution in [3.8, 4) is 0 Å². The summed E-state index contributed by atoms with van der Waals surface area (Å²) in [5.74, 6) is -0.373. The zero-order valence-electron chi connectivity index (χ0n) is 10.2. The molecule has 0 aromatic heterocycles. The van der Waals surface area contributed by atoms with Crippen molar-refractivity contribution in [1.29, 1.82) is 0 Å². The minimum Gasteiger partial charge on any atom is -0.398 e. The molecular weight excluding hydrogens is 282 g/mol. The maximum atomic E-state index is 12.0. The Morgan fingerprint density at radius 2 is 1.85 bits per heavy atom. The first-order valence-electron chi connectivity index (χ1n) is 5.58.